The number of amides is 1. The van der Waals surface area contributed by atoms with E-state index in [-0.39, 0.29) is 18.6 Å². The molecule has 0 spiro atoms. The molecule has 1 aliphatic rings. The number of rotatable bonds is 4. The van der Waals surface area contributed by atoms with Gasteiger partial charge < -0.3 is 10.0 Å². The van der Waals surface area contributed by atoms with Gasteiger partial charge in [-0.15, -0.1) is 0 Å². The molecular formula is C15H20Cl2N2O2. The van der Waals surface area contributed by atoms with Crippen LogP contribution in [-0.4, -0.2) is 59.6 Å². The smallest absolute Gasteiger partial charge is 0.253 e. The second-order valence-electron chi connectivity index (χ2n) is 5.20. The fourth-order valence-corrected chi connectivity index (χ4v) is 2.90. The molecular weight excluding hydrogens is 311 g/mol. The molecule has 4 nitrogen and oxygen atoms in total. The molecule has 6 heteroatoms. The minimum Gasteiger partial charge on any atom is -0.395 e. The molecule has 1 amide bonds. The summed E-state index contributed by atoms with van der Waals surface area (Å²) in [5, 5.41) is 10.2. The minimum atomic E-state index is -0.0229. The number of aliphatic hydroxyl groups is 1. The van der Waals surface area contributed by atoms with Crippen LogP contribution >= 0.6 is 23.2 Å². The number of carbonyl (C=O) groups excluding carboxylic acids is 1. The Labute approximate surface area is 135 Å². The maximum absolute atomic E-state index is 12.4. The zero-order valence-electron chi connectivity index (χ0n) is 12.1. The van der Waals surface area contributed by atoms with Gasteiger partial charge in [-0.3, -0.25) is 9.69 Å². The number of piperazine rings is 1. The molecule has 1 aliphatic heterocycles. The Hall–Kier alpha value is -0.810. The van der Waals surface area contributed by atoms with Gasteiger partial charge in [0.2, 0.25) is 0 Å². The normalized spacial score (nSPS) is 17.8. The Morgan fingerprint density at radius 2 is 1.90 bits per heavy atom. The number of hydrogen-bond acceptors (Lipinski definition) is 3. The Bertz CT molecular complexity index is 498. The maximum atomic E-state index is 12.4. The Morgan fingerprint density at radius 3 is 2.43 bits per heavy atom. The number of benzene rings is 1. The van der Waals surface area contributed by atoms with Crippen LogP contribution in [0.1, 0.15) is 23.7 Å². The van der Waals surface area contributed by atoms with E-state index in [2.05, 4.69) is 11.8 Å². The predicted molar refractivity (Wildman–Crippen MR) is 85.1 cm³/mol. The minimum absolute atomic E-state index is 0.0229. The van der Waals surface area contributed by atoms with Crippen molar-refractivity contribution in [3.63, 3.8) is 0 Å². The molecule has 21 heavy (non-hydrogen) atoms. The van der Waals surface area contributed by atoms with E-state index in [1.54, 1.807) is 18.2 Å². The third-order valence-electron chi connectivity index (χ3n) is 3.97. The summed E-state index contributed by atoms with van der Waals surface area (Å²) in [6.07, 6.45) is 0.914. The third kappa shape index (κ3) is 3.89. The van der Waals surface area contributed by atoms with E-state index < -0.39 is 0 Å². The molecule has 0 radical (unpaired) electrons. The van der Waals surface area contributed by atoms with Crippen molar-refractivity contribution in [2.45, 2.75) is 19.4 Å². The highest BCUT2D eigenvalue weighted by molar-refractivity contribution is 6.42. The summed E-state index contributed by atoms with van der Waals surface area (Å²) in [4.78, 5) is 16.5. The van der Waals surface area contributed by atoms with Gasteiger partial charge in [-0.2, -0.15) is 0 Å². The average molecular weight is 331 g/mol. The van der Waals surface area contributed by atoms with Crippen LogP contribution in [0.5, 0.6) is 0 Å². The molecule has 1 atom stereocenters. The van der Waals surface area contributed by atoms with Gasteiger partial charge in [0.25, 0.3) is 5.91 Å². The highest BCUT2D eigenvalue weighted by atomic mass is 35.5. The van der Waals surface area contributed by atoms with E-state index in [4.69, 9.17) is 23.2 Å². The van der Waals surface area contributed by atoms with Gasteiger partial charge >= 0.3 is 0 Å². The van der Waals surface area contributed by atoms with E-state index in [0.29, 0.717) is 28.7 Å². The lowest BCUT2D eigenvalue weighted by Crippen LogP contribution is -2.52. The molecule has 1 unspecified atom stereocenters. The van der Waals surface area contributed by atoms with Gasteiger partial charge in [-0.05, 0) is 24.6 Å². The van der Waals surface area contributed by atoms with E-state index in [0.717, 1.165) is 19.5 Å². The average Bonchev–Trinajstić information content (AvgIpc) is 2.51. The fraction of sp³-hybridized carbons (Fsp3) is 0.533. The molecule has 1 saturated heterocycles. The van der Waals surface area contributed by atoms with E-state index >= 15 is 0 Å². The quantitative estimate of drug-likeness (QED) is 0.922. The molecule has 116 valence electrons. The Kier molecular flexibility index (Phi) is 5.88. The van der Waals surface area contributed by atoms with E-state index in [9.17, 15) is 9.90 Å². The Balaban J connectivity index is 1.98. The van der Waals surface area contributed by atoms with Crippen LogP contribution in [0.4, 0.5) is 0 Å². The molecule has 0 aliphatic carbocycles. The van der Waals surface area contributed by atoms with Crippen molar-refractivity contribution in [3.05, 3.63) is 33.8 Å². The largest absolute Gasteiger partial charge is 0.395 e. The van der Waals surface area contributed by atoms with Gasteiger partial charge in [0, 0.05) is 37.8 Å². The summed E-state index contributed by atoms with van der Waals surface area (Å²) in [6, 6.07) is 5.14. The lowest BCUT2D eigenvalue weighted by atomic mass is 10.1. The Morgan fingerprint density at radius 1 is 1.24 bits per heavy atom. The molecule has 0 aromatic heterocycles. The first-order chi connectivity index (χ1) is 10.1. The van der Waals surface area contributed by atoms with Crippen molar-refractivity contribution in [2.75, 3.05) is 32.8 Å². The van der Waals surface area contributed by atoms with Crippen molar-refractivity contribution in [2.24, 2.45) is 0 Å². The van der Waals surface area contributed by atoms with Crippen molar-refractivity contribution >= 4 is 29.1 Å². The summed E-state index contributed by atoms with van der Waals surface area (Å²) in [7, 11) is 0. The number of carbonyl (C=O) groups is 1. The van der Waals surface area contributed by atoms with Crippen LogP contribution in [0.25, 0.3) is 0 Å². The van der Waals surface area contributed by atoms with Gasteiger partial charge in [0.15, 0.2) is 0 Å². The maximum Gasteiger partial charge on any atom is 0.253 e. The lowest BCUT2D eigenvalue weighted by molar-refractivity contribution is 0.0472. The van der Waals surface area contributed by atoms with Crippen LogP contribution in [0.2, 0.25) is 10.0 Å². The standard InChI is InChI=1S/C15H20Cl2N2O2/c1-2-12(10-20)18-5-7-19(8-6-18)15(21)11-3-4-13(16)14(17)9-11/h3-4,9,12,20H,2,5-8,10H2,1H3. The zero-order valence-corrected chi connectivity index (χ0v) is 13.6. The first-order valence-electron chi connectivity index (χ1n) is 7.16. The fourth-order valence-electron chi connectivity index (χ4n) is 2.60. The summed E-state index contributed by atoms with van der Waals surface area (Å²) in [5.41, 5.74) is 0.562. The molecule has 1 aromatic carbocycles. The first-order valence-corrected chi connectivity index (χ1v) is 7.91. The monoisotopic (exact) mass is 330 g/mol. The van der Waals surface area contributed by atoms with Crippen LogP contribution in [0.3, 0.4) is 0 Å². The second kappa shape index (κ2) is 7.45. The number of nitrogens with zero attached hydrogens (tertiary/aromatic N) is 2. The van der Waals surface area contributed by atoms with E-state index in [1.165, 1.54) is 0 Å². The summed E-state index contributed by atoms with van der Waals surface area (Å²) in [5.74, 6) is -0.0229. The van der Waals surface area contributed by atoms with Crippen molar-refractivity contribution in [3.8, 4) is 0 Å². The highest BCUT2D eigenvalue weighted by Crippen LogP contribution is 2.23. The lowest BCUT2D eigenvalue weighted by Gasteiger charge is -2.38. The molecule has 1 aromatic rings. The zero-order chi connectivity index (χ0) is 15.4. The predicted octanol–water partition coefficient (Wildman–Crippen LogP) is 2.52. The van der Waals surface area contributed by atoms with Crippen molar-refractivity contribution in [1.29, 1.82) is 0 Å². The highest BCUT2D eigenvalue weighted by Gasteiger charge is 2.25. The van der Waals surface area contributed by atoms with Crippen molar-refractivity contribution < 1.29 is 9.90 Å². The molecule has 1 heterocycles. The molecule has 0 saturated carbocycles. The van der Waals surface area contributed by atoms with Crippen LogP contribution in [0.15, 0.2) is 18.2 Å². The van der Waals surface area contributed by atoms with Gasteiger partial charge in [0.05, 0.1) is 16.7 Å². The van der Waals surface area contributed by atoms with Gasteiger partial charge in [-0.25, -0.2) is 0 Å². The van der Waals surface area contributed by atoms with Gasteiger partial charge in [-0.1, -0.05) is 30.1 Å². The number of aliphatic hydroxyl groups excluding tert-OH is 1. The number of hydrogen-bond donors (Lipinski definition) is 1. The molecule has 1 N–H and O–H groups in total. The van der Waals surface area contributed by atoms with Crippen molar-refractivity contribution in [1.82, 2.24) is 9.80 Å². The third-order valence-corrected chi connectivity index (χ3v) is 4.71. The second-order valence-corrected chi connectivity index (χ2v) is 6.02. The SMILES string of the molecule is CCC(CO)N1CCN(C(=O)c2ccc(Cl)c(Cl)c2)CC1. The summed E-state index contributed by atoms with van der Waals surface area (Å²) >= 11 is 11.8. The topological polar surface area (TPSA) is 43.8 Å². The van der Waals surface area contributed by atoms with E-state index in [1.807, 2.05) is 4.90 Å². The van der Waals surface area contributed by atoms with Crippen LogP contribution < -0.4 is 0 Å². The summed E-state index contributed by atoms with van der Waals surface area (Å²) < 4.78 is 0. The molecule has 0 bridgehead atoms. The molecule has 2 rings (SSSR count). The molecule has 1 fully saturated rings. The van der Waals surface area contributed by atoms with Gasteiger partial charge in [0.1, 0.15) is 0 Å². The van der Waals surface area contributed by atoms with Crippen LogP contribution in [0, 0.1) is 0 Å². The first kappa shape index (κ1) is 16.6. The van der Waals surface area contributed by atoms with Crippen LogP contribution in [-0.2, 0) is 0 Å². The number of halogens is 2. The summed E-state index contributed by atoms with van der Waals surface area (Å²) in [6.45, 7) is 5.12.